The van der Waals surface area contributed by atoms with Gasteiger partial charge in [0.2, 0.25) is 0 Å². The van der Waals surface area contributed by atoms with E-state index < -0.39 is 0 Å². The Hall–Kier alpha value is -0.200. The molecule has 21 heavy (non-hydrogen) atoms. The lowest BCUT2D eigenvalue weighted by Gasteiger charge is -2.36. The second kappa shape index (κ2) is 9.74. The molecule has 2 heterocycles. The minimum absolute atomic E-state index is 0.823. The lowest BCUT2D eigenvalue weighted by molar-refractivity contribution is 0.119. The number of hydrogen-bond acceptors (Lipinski definition) is 5. The van der Waals surface area contributed by atoms with Crippen molar-refractivity contribution in [2.24, 2.45) is 5.92 Å². The summed E-state index contributed by atoms with van der Waals surface area (Å²) < 4.78 is 5.07. The molecule has 0 aromatic carbocycles. The Bertz CT molecular complexity index is 261. The number of likely N-dealkylation sites (N-methyl/N-ethyl adjacent to an activating group) is 1. The van der Waals surface area contributed by atoms with Crippen LogP contribution in [0.5, 0.6) is 0 Å². The third kappa shape index (κ3) is 6.61. The lowest BCUT2D eigenvalue weighted by Crippen LogP contribution is -2.48. The fraction of sp³-hybridized carbons (Fsp3) is 1.00. The standard InChI is InChI=1S/C16H34N4O/c1-18-8-10-20(11-9-18)13-12-19-6-3-16(4-7-19)15-17-5-14-21-2/h16-17H,3-15H2,1-2H3. The highest BCUT2D eigenvalue weighted by molar-refractivity contribution is 4.76. The van der Waals surface area contributed by atoms with Gasteiger partial charge in [0.25, 0.3) is 0 Å². The van der Waals surface area contributed by atoms with Crippen LogP contribution in [0.25, 0.3) is 0 Å². The summed E-state index contributed by atoms with van der Waals surface area (Å²) in [5, 5.41) is 3.50. The van der Waals surface area contributed by atoms with Crippen LogP contribution in [0, 0.1) is 5.92 Å². The van der Waals surface area contributed by atoms with Crippen molar-refractivity contribution >= 4 is 0 Å². The minimum Gasteiger partial charge on any atom is -0.383 e. The van der Waals surface area contributed by atoms with Crippen LogP contribution in [-0.4, -0.2) is 101 Å². The van der Waals surface area contributed by atoms with Crippen molar-refractivity contribution in [3.05, 3.63) is 0 Å². The van der Waals surface area contributed by atoms with E-state index in [0.29, 0.717) is 0 Å². The molecule has 2 fully saturated rings. The van der Waals surface area contributed by atoms with E-state index in [2.05, 4.69) is 27.1 Å². The Balaban J connectivity index is 1.51. The topological polar surface area (TPSA) is 31.0 Å². The Morgan fingerprint density at radius 3 is 2.19 bits per heavy atom. The molecule has 0 atom stereocenters. The second-order valence-corrected chi connectivity index (χ2v) is 6.63. The third-order valence-corrected chi connectivity index (χ3v) is 4.95. The lowest BCUT2D eigenvalue weighted by atomic mass is 9.97. The summed E-state index contributed by atoms with van der Waals surface area (Å²) in [6.45, 7) is 13.0. The van der Waals surface area contributed by atoms with Gasteiger partial charge in [0, 0.05) is 52.9 Å². The molecule has 1 N–H and O–H groups in total. The Morgan fingerprint density at radius 2 is 1.57 bits per heavy atom. The van der Waals surface area contributed by atoms with Crippen molar-refractivity contribution in [1.29, 1.82) is 0 Å². The molecular weight excluding hydrogens is 264 g/mol. The molecule has 0 aliphatic carbocycles. The van der Waals surface area contributed by atoms with E-state index in [9.17, 15) is 0 Å². The maximum atomic E-state index is 5.07. The van der Waals surface area contributed by atoms with Crippen LogP contribution in [0.4, 0.5) is 0 Å². The molecule has 0 saturated carbocycles. The zero-order chi connectivity index (χ0) is 14.9. The predicted octanol–water partition coefficient (Wildman–Crippen LogP) is 0.182. The summed E-state index contributed by atoms with van der Waals surface area (Å²) in [5.41, 5.74) is 0. The second-order valence-electron chi connectivity index (χ2n) is 6.63. The molecule has 0 aromatic rings. The van der Waals surface area contributed by atoms with Gasteiger partial charge < -0.3 is 19.9 Å². The molecule has 0 spiro atoms. The van der Waals surface area contributed by atoms with E-state index in [1.165, 1.54) is 65.2 Å². The van der Waals surface area contributed by atoms with Crippen LogP contribution in [-0.2, 0) is 4.74 Å². The fourth-order valence-electron chi connectivity index (χ4n) is 3.25. The van der Waals surface area contributed by atoms with E-state index in [-0.39, 0.29) is 0 Å². The van der Waals surface area contributed by atoms with Crippen molar-refractivity contribution in [2.45, 2.75) is 12.8 Å². The summed E-state index contributed by atoms with van der Waals surface area (Å²) in [7, 11) is 3.99. The van der Waals surface area contributed by atoms with E-state index in [1.807, 2.05) is 0 Å². The molecule has 0 bridgehead atoms. The molecule has 0 amide bonds. The van der Waals surface area contributed by atoms with Crippen LogP contribution < -0.4 is 5.32 Å². The summed E-state index contributed by atoms with van der Waals surface area (Å²) in [4.78, 5) is 7.71. The van der Waals surface area contributed by atoms with Gasteiger partial charge in [-0.15, -0.1) is 0 Å². The van der Waals surface area contributed by atoms with Crippen LogP contribution in [0.3, 0.4) is 0 Å². The molecule has 2 rings (SSSR count). The molecule has 0 radical (unpaired) electrons. The van der Waals surface area contributed by atoms with E-state index in [0.717, 1.165) is 25.6 Å². The highest BCUT2D eigenvalue weighted by atomic mass is 16.5. The van der Waals surface area contributed by atoms with Gasteiger partial charge in [0.05, 0.1) is 6.61 Å². The number of piperazine rings is 1. The van der Waals surface area contributed by atoms with Gasteiger partial charge in [-0.25, -0.2) is 0 Å². The van der Waals surface area contributed by atoms with Gasteiger partial charge in [-0.2, -0.15) is 0 Å². The van der Waals surface area contributed by atoms with Crippen molar-refractivity contribution in [3.8, 4) is 0 Å². The summed E-state index contributed by atoms with van der Waals surface area (Å²) in [6.07, 6.45) is 2.70. The first-order valence-electron chi connectivity index (χ1n) is 8.61. The molecule has 5 nitrogen and oxygen atoms in total. The first-order valence-corrected chi connectivity index (χ1v) is 8.61. The van der Waals surface area contributed by atoms with Gasteiger partial charge in [0.1, 0.15) is 0 Å². The van der Waals surface area contributed by atoms with Gasteiger partial charge >= 0.3 is 0 Å². The quantitative estimate of drug-likeness (QED) is 0.646. The maximum Gasteiger partial charge on any atom is 0.0587 e. The van der Waals surface area contributed by atoms with E-state index in [1.54, 1.807) is 7.11 Å². The first kappa shape index (κ1) is 17.2. The van der Waals surface area contributed by atoms with Crippen molar-refractivity contribution < 1.29 is 4.74 Å². The normalized spacial score (nSPS) is 23.7. The number of likely N-dealkylation sites (tertiary alicyclic amines) is 1. The molecule has 0 unspecified atom stereocenters. The largest absolute Gasteiger partial charge is 0.383 e. The van der Waals surface area contributed by atoms with Gasteiger partial charge in [-0.1, -0.05) is 0 Å². The third-order valence-electron chi connectivity index (χ3n) is 4.95. The molecule has 2 aliphatic rings. The van der Waals surface area contributed by atoms with Gasteiger partial charge in [-0.3, -0.25) is 4.90 Å². The monoisotopic (exact) mass is 298 g/mol. The number of hydrogen-bond donors (Lipinski definition) is 1. The summed E-state index contributed by atoms with van der Waals surface area (Å²) >= 11 is 0. The van der Waals surface area contributed by atoms with Gasteiger partial charge in [-0.05, 0) is 45.4 Å². The van der Waals surface area contributed by atoms with Crippen LogP contribution >= 0.6 is 0 Å². The van der Waals surface area contributed by atoms with Gasteiger partial charge in [0.15, 0.2) is 0 Å². The van der Waals surface area contributed by atoms with Crippen molar-refractivity contribution in [1.82, 2.24) is 20.0 Å². The number of rotatable bonds is 8. The molecule has 0 aromatic heterocycles. The number of nitrogens with zero attached hydrogens (tertiary/aromatic N) is 3. The number of ether oxygens (including phenoxy) is 1. The molecule has 124 valence electrons. The summed E-state index contributed by atoms with van der Waals surface area (Å²) in [6, 6.07) is 0. The maximum absolute atomic E-state index is 5.07. The van der Waals surface area contributed by atoms with Crippen LogP contribution in [0.15, 0.2) is 0 Å². The highest BCUT2D eigenvalue weighted by Gasteiger charge is 2.20. The number of nitrogens with one attached hydrogen (secondary N) is 1. The van der Waals surface area contributed by atoms with Crippen LogP contribution in [0.1, 0.15) is 12.8 Å². The Labute approximate surface area is 130 Å². The average Bonchev–Trinajstić information content (AvgIpc) is 2.52. The van der Waals surface area contributed by atoms with E-state index >= 15 is 0 Å². The molecular formula is C16H34N4O. The molecule has 5 heteroatoms. The fourth-order valence-corrected chi connectivity index (χ4v) is 3.25. The predicted molar refractivity (Wildman–Crippen MR) is 87.8 cm³/mol. The van der Waals surface area contributed by atoms with Crippen molar-refractivity contribution in [3.63, 3.8) is 0 Å². The zero-order valence-corrected chi connectivity index (χ0v) is 14.0. The average molecular weight is 298 g/mol. The smallest absolute Gasteiger partial charge is 0.0587 e. The first-order chi connectivity index (χ1) is 10.3. The Morgan fingerprint density at radius 1 is 0.952 bits per heavy atom. The van der Waals surface area contributed by atoms with E-state index in [4.69, 9.17) is 4.74 Å². The molecule has 2 aliphatic heterocycles. The summed E-state index contributed by atoms with van der Waals surface area (Å²) in [5.74, 6) is 0.863. The highest BCUT2D eigenvalue weighted by Crippen LogP contribution is 2.16. The zero-order valence-electron chi connectivity index (χ0n) is 14.0. The number of piperidine rings is 1. The van der Waals surface area contributed by atoms with Crippen LogP contribution in [0.2, 0.25) is 0 Å². The number of methoxy groups -OCH3 is 1. The SMILES string of the molecule is COCCNCC1CCN(CCN2CCN(C)CC2)CC1. The Kier molecular flexibility index (Phi) is 7.96. The van der Waals surface area contributed by atoms with Crippen molar-refractivity contribution in [2.75, 3.05) is 86.2 Å². The molecule has 2 saturated heterocycles. The minimum atomic E-state index is 0.823.